The molecule has 74 valence electrons. The third kappa shape index (κ3) is 1.59. The molecular formula is C12H8INSe. The van der Waals surface area contributed by atoms with Crippen molar-refractivity contribution < 1.29 is 0 Å². The third-order valence-corrected chi connectivity index (χ3v) is 10.4. The number of halogens is 1. The molecule has 0 aliphatic carbocycles. The first kappa shape index (κ1) is 9.70. The Morgan fingerprint density at radius 2 is 1.67 bits per heavy atom. The minimum absolute atomic E-state index is 0.870. The van der Waals surface area contributed by atoms with Gasteiger partial charge in [0.1, 0.15) is 0 Å². The van der Waals surface area contributed by atoms with Crippen LogP contribution in [0.15, 0.2) is 53.5 Å². The monoisotopic (exact) mass is 373 g/mol. The number of hydrogen-bond donors (Lipinski definition) is 0. The summed E-state index contributed by atoms with van der Waals surface area (Å²) < 4.78 is 2.88. The molecule has 0 bridgehead atoms. The van der Waals surface area contributed by atoms with Gasteiger partial charge in [-0.15, -0.1) is 0 Å². The van der Waals surface area contributed by atoms with Crippen LogP contribution in [-0.2, 0) is 0 Å². The molecule has 0 radical (unpaired) electrons. The Morgan fingerprint density at radius 1 is 0.933 bits per heavy atom. The van der Waals surface area contributed by atoms with Crippen molar-refractivity contribution in [1.29, 1.82) is 0 Å². The zero-order chi connectivity index (χ0) is 10.3. The van der Waals surface area contributed by atoms with Gasteiger partial charge in [-0.05, 0) is 0 Å². The Hall–Kier alpha value is -0.511. The second-order valence-electron chi connectivity index (χ2n) is 3.30. The van der Waals surface area contributed by atoms with Gasteiger partial charge >= 0.3 is 104 Å². The van der Waals surface area contributed by atoms with E-state index in [0.29, 0.717) is 0 Å². The van der Waals surface area contributed by atoms with E-state index in [1.54, 1.807) is 0 Å². The van der Waals surface area contributed by atoms with Gasteiger partial charge in [-0.25, -0.2) is 0 Å². The molecule has 15 heavy (non-hydrogen) atoms. The van der Waals surface area contributed by atoms with E-state index in [4.69, 9.17) is 0 Å². The molecule has 0 fully saturated rings. The van der Waals surface area contributed by atoms with E-state index in [9.17, 15) is 0 Å². The Bertz CT molecular complexity index is 649. The van der Waals surface area contributed by atoms with Gasteiger partial charge in [0.2, 0.25) is 0 Å². The Balaban J connectivity index is 2.50. The average Bonchev–Trinajstić information content (AvgIpc) is 2.30. The number of para-hydroxylation sites is 2. The van der Waals surface area contributed by atoms with Crippen molar-refractivity contribution in [3.05, 3.63) is 58.0 Å². The van der Waals surface area contributed by atoms with Gasteiger partial charge in [0, 0.05) is 0 Å². The minimum atomic E-state index is -0.870. The van der Waals surface area contributed by atoms with Crippen LogP contribution in [0.25, 0.3) is 0 Å². The van der Waals surface area contributed by atoms with Crippen LogP contribution in [0.1, 0.15) is 0 Å². The molecular weight excluding hydrogens is 364 g/mol. The summed E-state index contributed by atoms with van der Waals surface area (Å²) in [6, 6.07) is 17.0. The molecule has 1 unspecified atom stereocenters. The van der Waals surface area contributed by atoms with Crippen molar-refractivity contribution in [1.82, 2.24) is 0 Å². The van der Waals surface area contributed by atoms with Crippen molar-refractivity contribution >= 4 is 40.7 Å². The molecule has 3 heteroatoms. The van der Waals surface area contributed by atoms with Crippen LogP contribution in [0.2, 0.25) is 0 Å². The number of benzene rings is 2. The van der Waals surface area contributed by atoms with E-state index in [1.807, 2.05) is 0 Å². The Kier molecular flexibility index (Phi) is 2.47. The van der Waals surface area contributed by atoms with Gasteiger partial charge in [0.05, 0.1) is 0 Å². The number of rotatable bonds is 0. The molecule has 2 aromatic carbocycles. The average molecular weight is 372 g/mol. The second kappa shape index (κ2) is 3.81. The zero-order valence-electron chi connectivity index (χ0n) is 7.85. The fourth-order valence-electron chi connectivity index (χ4n) is 1.65. The summed E-state index contributed by atoms with van der Waals surface area (Å²) in [5, 5.41) is 1.16. The molecule has 1 aliphatic heterocycles. The summed E-state index contributed by atoms with van der Waals surface area (Å²) in [4.78, 5) is 4.69. The van der Waals surface area contributed by atoms with Crippen LogP contribution in [0.4, 0.5) is 5.69 Å². The first-order chi connectivity index (χ1) is 7.36. The van der Waals surface area contributed by atoms with Crippen LogP contribution in [0, 0.1) is 4.06 Å². The van der Waals surface area contributed by atoms with Gasteiger partial charge in [0.25, 0.3) is 0 Å². The predicted octanol–water partition coefficient (Wildman–Crippen LogP) is 2.12. The van der Waals surface area contributed by atoms with E-state index in [-0.39, 0.29) is 0 Å². The van der Waals surface area contributed by atoms with Crippen molar-refractivity contribution in [2.75, 3.05) is 0 Å². The molecule has 0 aromatic heterocycles. The molecule has 2 aromatic rings. The molecule has 1 aliphatic rings. The Morgan fingerprint density at radius 3 is 2.60 bits per heavy atom. The van der Waals surface area contributed by atoms with E-state index >= 15 is 0 Å². The maximum absolute atomic E-state index is 4.69. The van der Waals surface area contributed by atoms with Crippen LogP contribution in [0.5, 0.6) is 0 Å². The molecule has 0 amide bonds. The van der Waals surface area contributed by atoms with Crippen molar-refractivity contribution in [2.24, 2.45) is 4.99 Å². The summed E-state index contributed by atoms with van der Waals surface area (Å²) in [5.41, 5.74) is 1.16. The first-order valence-corrected chi connectivity index (χ1v) is 11.6. The van der Waals surface area contributed by atoms with E-state index < -0.39 is 10.2 Å². The topological polar surface area (TPSA) is 12.4 Å². The van der Waals surface area contributed by atoms with Crippen LogP contribution in [0.3, 0.4) is 0 Å². The molecule has 0 saturated heterocycles. The fourth-order valence-corrected chi connectivity index (χ4v) is 8.10. The van der Waals surface area contributed by atoms with E-state index in [0.717, 1.165) is 11.0 Å². The number of nitrogens with zero attached hydrogens (tertiary/aromatic N) is 1. The Labute approximate surface area is 103 Å². The van der Waals surface area contributed by atoms with Gasteiger partial charge in [0.15, 0.2) is 0 Å². The molecule has 0 spiro atoms. The summed E-state index contributed by atoms with van der Waals surface area (Å²) in [6.45, 7) is 0. The molecule has 1 nitrogen and oxygen atoms in total. The summed E-state index contributed by atoms with van der Waals surface area (Å²) >= 11 is 2.60. The van der Waals surface area contributed by atoms with Crippen LogP contribution in [-0.4, -0.2) is 10.2 Å². The molecule has 0 N–H and O–H groups in total. The molecule has 3 rings (SSSR count). The number of hydrogen-bond acceptors (Lipinski definition) is 1. The maximum atomic E-state index is 4.69. The normalized spacial score (nSPS) is 17.5. The van der Waals surface area contributed by atoms with Crippen molar-refractivity contribution in [2.45, 2.75) is 0 Å². The standard InChI is InChI=1S/C12H8INSe/c13-15-11-7-3-1-5-9(11)14-10-6-2-4-8-12(10)15/h1-8H. The zero-order valence-corrected chi connectivity index (χ0v) is 11.7. The van der Waals surface area contributed by atoms with E-state index in [2.05, 4.69) is 73.9 Å². The van der Waals surface area contributed by atoms with E-state index in [1.165, 1.54) is 8.52 Å². The second-order valence-corrected chi connectivity index (χ2v) is 10.8. The molecule has 1 heterocycles. The fraction of sp³-hybridized carbons (Fsp3) is 0. The SMILES string of the molecule is I[Se]1=c2ccccc2=Nc2ccccc21. The summed E-state index contributed by atoms with van der Waals surface area (Å²) in [7, 11) is -0.870. The van der Waals surface area contributed by atoms with Gasteiger partial charge in [-0.2, -0.15) is 0 Å². The van der Waals surface area contributed by atoms with Crippen molar-refractivity contribution in [3.63, 3.8) is 0 Å². The van der Waals surface area contributed by atoms with Crippen LogP contribution < -0.4 is 9.82 Å². The number of fused-ring (bicyclic) bond motifs is 2. The van der Waals surface area contributed by atoms with Gasteiger partial charge in [-0.1, -0.05) is 0 Å². The quantitative estimate of drug-likeness (QED) is 0.497. The molecule has 1 atom stereocenters. The third-order valence-electron chi connectivity index (χ3n) is 2.36. The summed E-state index contributed by atoms with van der Waals surface area (Å²) in [5.74, 6) is 0. The molecule has 0 saturated carbocycles. The summed E-state index contributed by atoms with van der Waals surface area (Å²) in [6.07, 6.45) is 0. The first-order valence-electron chi connectivity index (χ1n) is 4.66. The van der Waals surface area contributed by atoms with Crippen LogP contribution >= 0.6 is 20.3 Å². The van der Waals surface area contributed by atoms with Crippen molar-refractivity contribution in [3.8, 4) is 0 Å². The predicted molar refractivity (Wildman–Crippen MR) is 71.9 cm³/mol. The van der Waals surface area contributed by atoms with Gasteiger partial charge in [-0.3, -0.25) is 0 Å². The van der Waals surface area contributed by atoms with Gasteiger partial charge < -0.3 is 0 Å².